The van der Waals surface area contributed by atoms with Crippen molar-refractivity contribution in [3.05, 3.63) is 29.6 Å². The van der Waals surface area contributed by atoms with Crippen molar-refractivity contribution in [2.75, 3.05) is 6.61 Å². The lowest BCUT2D eigenvalue weighted by Gasteiger charge is -2.11. The number of amides is 1. The number of hydrogen-bond acceptors (Lipinski definition) is 3. The zero-order valence-corrected chi connectivity index (χ0v) is 8.20. The molecule has 1 amide bonds. The molecule has 0 heterocycles. The van der Waals surface area contributed by atoms with E-state index in [9.17, 15) is 14.3 Å². The van der Waals surface area contributed by atoms with Crippen LogP contribution in [0.5, 0.6) is 5.75 Å². The Morgan fingerprint density at radius 3 is 2.80 bits per heavy atom. The average Bonchev–Trinajstić information content (AvgIpc) is 2.17. The van der Waals surface area contributed by atoms with Gasteiger partial charge in [0.2, 0.25) is 0 Å². The number of rotatable bonds is 3. The van der Waals surface area contributed by atoms with Crippen LogP contribution in [0.4, 0.5) is 4.39 Å². The predicted molar refractivity (Wildman–Crippen MR) is 52.1 cm³/mol. The molecule has 0 fully saturated rings. The minimum absolute atomic E-state index is 0.0169. The van der Waals surface area contributed by atoms with Crippen molar-refractivity contribution in [3.8, 4) is 5.75 Å². The molecular weight excluding hydrogens is 201 g/mol. The minimum Gasteiger partial charge on any atom is -0.507 e. The molecule has 5 heteroatoms. The summed E-state index contributed by atoms with van der Waals surface area (Å²) in [5, 5.41) is 20.4. The first-order chi connectivity index (χ1) is 7.04. The number of carbonyl (C=O) groups is 1. The molecule has 1 aromatic carbocycles. The quantitative estimate of drug-likeness (QED) is 0.690. The average molecular weight is 213 g/mol. The van der Waals surface area contributed by atoms with E-state index in [-0.39, 0.29) is 12.2 Å². The number of hydrogen-bond donors (Lipinski definition) is 3. The molecule has 3 N–H and O–H groups in total. The lowest BCUT2D eigenvalue weighted by Crippen LogP contribution is -2.35. The summed E-state index contributed by atoms with van der Waals surface area (Å²) < 4.78 is 12.6. The predicted octanol–water partition coefficient (Wildman–Crippen LogP) is 0.642. The third-order valence-electron chi connectivity index (χ3n) is 1.86. The van der Waals surface area contributed by atoms with Crippen LogP contribution in [0.1, 0.15) is 17.3 Å². The molecule has 1 atom stereocenters. The molecule has 0 aromatic heterocycles. The lowest BCUT2D eigenvalue weighted by atomic mass is 10.1. The second-order valence-corrected chi connectivity index (χ2v) is 3.22. The summed E-state index contributed by atoms with van der Waals surface area (Å²) in [5.74, 6) is -1.58. The Balaban J connectivity index is 2.82. The number of phenolic OH excluding ortho intramolecular Hbond substituents is 1. The van der Waals surface area contributed by atoms with Crippen molar-refractivity contribution in [3.63, 3.8) is 0 Å². The SMILES string of the molecule is CC(CO)NC(=O)c1ccc(F)cc1O. The second-order valence-electron chi connectivity index (χ2n) is 3.22. The van der Waals surface area contributed by atoms with Crippen LogP contribution in [0.2, 0.25) is 0 Å². The molecule has 0 aliphatic carbocycles. The van der Waals surface area contributed by atoms with Gasteiger partial charge in [0, 0.05) is 12.1 Å². The summed E-state index contributed by atoms with van der Waals surface area (Å²) in [7, 11) is 0. The van der Waals surface area contributed by atoms with Crippen LogP contribution in [0.3, 0.4) is 0 Å². The maximum atomic E-state index is 12.6. The first-order valence-electron chi connectivity index (χ1n) is 4.45. The van der Waals surface area contributed by atoms with Gasteiger partial charge in [-0.25, -0.2) is 4.39 Å². The highest BCUT2D eigenvalue weighted by Crippen LogP contribution is 2.17. The van der Waals surface area contributed by atoms with E-state index in [4.69, 9.17) is 5.11 Å². The number of benzene rings is 1. The van der Waals surface area contributed by atoms with Gasteiger partial charge < -0.3 is 15.5 Å². The molecule has 0 saturated carbocycles. The fourth-order valence-electron chi connectivity index (χ4n) is 1.04. The van der Waals surface area contributed by atoms with Gasteiger partial charge >= 0.3 is 0 Å². The summed E-state index contributed by atoms with van der Waals surface area (Å²) in [6, 6.07) is 2.71. The maximum Gasteiger partial charge on any atom is 0.255 e. The number of carbonyl (C=O) groups excluding carboxylic acids is 1. The van der Waals surface area contributed by atoms with Crippen LogP contribution in [0.15, 0.2) is 18.2 Å². The van der Waals surface area contributed by atoms with Crippen molar-refractivity contribution >= 4 is 5.91 Å². The van der Waals surface area contributed by atoms with Crippen LogP contribution in [-0.4, -0.2) is 28.8 Å². The Morgan fingerprint density at radius 1 is 1.60 bits per heavy atom. The van der Waals surface area contributed by atoms with E-state index in [1.165, 1.54) is 6.07 Å². The Hall–Kier alpha value is -1.62. The molecule has 1 aromatic rings. The van der Waals surface area contributed by atoms with Gasteiger partial charge in [-0.05, 0) is 19.1 Å². The number of halogens is 1. The summed E-state index contributed by atoms with van der Waals surface area (Å²) >= 11 is 0. The van der Waals surface area contributed by atoms with E-state index in [2.05, 4.69) is 5.32 Å². The minimum atomic E-state index is -0.612. The number of aliphatic hydroxyl groups is 1. The maximum absolute atomic E-state index is 12.6. The monoisotopic (exact) mass is 213 g/mol. The molecule has 4 nitrogen and oxygen atoms in total. The molecule has 0 aliphatic heterocycles. The van der Waals surface area contributed by atoms with E-state index in [0.29, 0.717) is 0 Å². The summed E-state index contributed by atoms with van der Waals surface area (Å²) in [6.07, 6.45) is 0. The van der Waals surface area contributed by atoms with Crippen molar-refractivity contribution in [1.29, 1.82) is 0 Å². The standard InChI is InChI=1S/C10H12FNO3/c1-6(5-13)12-10(15)8-3-2-7(11)4-9(8)14/h2-4,6,13-14H,5H2,1H3,(H,12,15). The molecule has 0 spiro atoms. The Bertz CT molecular complexity index is 368. The fraction of sp³-hybridized carbons (Fsp3) is 0.300. The molecule has 0 aliphatic rings. The highest BCUT2D eigenvalue weighted by atomic mass is 19.1. The van der Waals surface area contributed by atoms with Crippen molar-refractivity contribution in [2.45, 2.75) is 13.0 Å². The highest BCUT2D eigenvalue weighted by Gasteiger charge is 2.13. The van der Waals surface area contributed by atoms with Crippen molar-refractivity contribution in [1.82, 2.24) is 5.32 Å². The Kier molecular flexibility index (Phi) is 3.62. The smallest absolute Gasteiger partial charge is 0.255 e. The van der Waals surface area contributed by atoms with Crippen molar-refractivity contribution in [2.24, 2.45) is 0 Å². The molecule has 0 bridgehead atoms. The van der Waals surface area contributed by atoms with Crippen LogP contribution in [0.25, 0.3) is 0 Å². The number of aliphatic hydroxyl groups excluding tert-OH is 1. The molecular formula is C10H12FNO3. The summed E-state index contributed by atoms with van der Waals surface area (Å²) in [4.78, 5) is 11.4. The lowest BCUT2D eigenvalue weighted by molar-refractivity contribution is 0.0919. The normalized spacial score (nSPS) is 12.2. The molecule has 82 valence electrons. The summed E-state index contributed by atoms with van der Waals surface area (Å²) in [5.41, 5.74) is -0.0169. The van der Waals surface area contributed by atoms with Crippen LogP contribution in [0, 0.1) is 5.82 Å². The summed E-state index contributed by atoms with van der Waals surface area (Å²) in [6.45, 7) is 1.41. The van der Waals surface area contributed by atoms with E-state index in [1.807, 2.05) is 0 Å². The second kappa shape index (κ2) is 4.75. The van der Waals surface area contributed by atoms with E-state index < -0.39 is 23.5 Å². The highest BCUT2D eigenvalue weighted by molar-refractivity contribution is 5.96. The fourth-order valence-corrected chi connectivity index (χ4v) is 1.04. The first kappa shape index (κ1) is 11.5. The molecule has 1 rings (SSSR count). The van der Waals surface area contributed by atoms with Gasteiger partial charge in [-0.1, -0.05) is 0 Å². The first-order valence-corrected chi connectivity index (χ1v) is 4.45. The molecule has 15 heavy (non-hydrogen) atoms. The molecule has 1 unspecified atom stereocenters. The third kappa shape index (κ3) is 2.92. The van der Waals surface area contributed by atoms with Crippen LogP contribution in [-0.2, 0) is 0 Å². The van der Waals surface area contributed by atoms with E-state index in [1.54, 1.807) is 6.92 Å². The van der Waals surface area contributed by atoms with Gasteiger partial charge in [0.05, 0.1) is 12.2 Å². The van der Waals surface area contributed by atoms with E-state index in [0.717, 1.165) is 12.1 Å². The van der Waals surface area contributed by atoms with Gasteiger partial charge in [-0.15, -0.1) is 0 Å². The Labute approximate surface area is 86.4 Å². The van der Waals surface area contributed by atoms with Gasteiger partial charge in [0.1, 0.15) is 11.6 Å². The van der Waals surface area contributed by atoms with Gasteiger partial charge in [-0.3, -0.25) is 4.79 Å². The van der Waals surface area contributed by atoms with Gasteiger partial charge in [0.15, 0.2) is 0 Å². The van der Waals surface area contributed by atoms with Gasteiger partial charge in [-0.2, -0.15) is 0 Å². The van der Waals surface area contributed by atoms with Crippen LogP contribution >= 0.6 is 0 Å². The third-order valence-corrected chi connectivity index (χ3v) is 1.86. The Morgan fingerprint density at radius 2 is 2.27 bits per heavy atom. The van der Waals surface area contributed by atoms with Crippen molar-refractivity contribution < 1.29 is 19.4 Å². The largest absolute Gasteiger partial charge is 0.507 e. The number of phenols is 1. The zero-order chi connectivity index (χ0) is 11.4. The molecule has 0 radical (unpaired) electrons. The zero-order valence-electron chi connectivity index (χ0n) is 8.20. The van der Waals surface area contributed by atoms with E-state index >= 15 is 0 Å². The number of nitrogens with one attached hydrogen (secondary N) is 1. The van der Waals surface area contributed by atoms with Crippen LogP contribution < -0.4 is 5.32 Å². The topological polar surface area (TPSA) is 69.6 Å². The molecule has 0 saturated heterocycles. The van der Waals surface area contributed by atoms with Gasteiger partial charge in [0.25, 0.3) is 5.91 Å². The number of aromatic hydroxyl groups is 1.